The number of hydrogen-bond donors (Lipinski definition) is 1. The van der Waals surface area contributed by atoms with E-state index in [-0.39, 0.29) is 5.56 Å². The quantitative estimate of drug-likeness (QED) is 0.573. The molecular formula is C20H16N2O4. The zero-order valence-corrected chi connectivity index (χ0v) is 14.5. The van der Waals surface area contributed by atoms with Gasteiger partial charge in [-0.25, -0.2) is 4.79 Å². The Kier molecular flexibility index (Phi) is 3.61. The minimum atomic E-state index is -0.965. The maximum absolute atomic E-state index is 11.1. The van der Waals surface area contributed by atoms with Crippen molar-refractivity contribution in [3.8, 4) is 23.0 Å². The Bertz CT molecular complexity index is 1120. The molecule has 2 heterocycles. The number of aryl methyl sites for hydroxylation is 3. The van der Waals surface area contributed by atoms with Gasteiger partial charge in [-0.15, -0.1) is 0 Å². The van der Waals surface area contributed by atoms with E-state index in [4.69, 9.17) is 14.0 Å². The lowest BCUT2D eigenvalue weighted by molar-refractivity contribution is 0.0696. The number of benzene rings is 2. The Morgan fingerprint density at radius 2 is 1.77 bits per heavy atom. The Morgan fingerprint density at radius 3 is 2.46 bits per heavy atom. The van der Waals surface area contributed by atoms with Gasteiger partial charge < -0.3 is 14.0 Å². The molecule has 0 amide bonds. The maximum Gasteiger partial charge on any atom is 0.335 e. The van der Waals surface area contributed by atoms with Crippen LogP contribution in [0.25, 0.3) is 34.0 Å². The number of fused-ring (bicyclic) bond motifs is 1. The van der Waals surface area contributed by atoms with E-state index in [0.29, 0.717) is 28.6 Å². The van der Waals surface area contributed by atoms with Crippen molar-refractivity contribution in [1.82, 2.24) is 10.1 Å². The molecule has 0 spiro atoms. The molecule has 0 unspecified atom stereocenters. The summed E-state index contributed by atoms with van der Waals surface area (Å²) < 4.78 is 11.3. The Balaban J connectivity index is 1.75. The smallest absolute Gasteiger partial charge is 0.335 e. The summed E-state index contributed by atoms with van der Waals surface area (Å²) in [4.78, 5) is 15.5. The van der Waals surface area contributed by atoms with Crippen LogP contribution in [-0.2, 0) is 0 Å². The van der Waals surface area contributed by atoms with Crippen LogP contribution in [0.4, 0.5) is 0 Å². The van der Waals surface area contributed by atoms with Gasteiger partial charge in [0.1, 0.15) is 5.58 Å². The fourth-order valence-corrected chi connectivity index (χ4v) is 2.98. The standard InChI is InChI=1S/C20H16N2O4/c1-10-4-5-11(2)17-15(10)9-16(25-17)18-21-19(26-22-18)13-6-7-14(20(23)24)12(3)8-13/h4-9H,1-3H3,(H,23,24). The van der Waals surface area contributed by atoms with Gasteiger partial charge in [0, 0.05) is 10.9 Å². The Hall–Kier alpha value is -3.41. The zero-order chi connectivity index (χ0) is 18.4. The minimum absolute atomic E-state index is 0.247. The van der Waals surface area contributed by atoms with Crippen LogP contribution in [0.15, 0.2) is 45.3 Å². The third-order valence-electron chi connectivity index (χ3n) is 4.45. The minimum Gasteiger partial charge on any atom is -0.478 e. The van der Waals surface area contributed by atoms with Crippen molar-refractivity contribution in [2.24, 2.45) is 0 Å². The lowest BCUT2D eigenvalue weighted by Gasteiger charge is -2.01. The Labute approximate surface area is 149 Å². The average molecular weight is 348 g/mol. The Morgan fingerprint density at radius 1 is 1.00 bits per heavy atom. The summed E-state index contributed by atoms with van der Waals surface area (Å²) in [6.07, 6.45) is 0. The molecular weight excluding hydrogens is 332 g/mol. The number of furan rings is 1. The molecule has 0 radical (unpaired) electrons. The van der Waals surface area contributed by atoms with Gasteiger partial charge in [0.25, 0.3) is 5.89 Å². The number of rotatable bonds is 3. The molecule has 0 saturated carbocycles. The molecule has 4 aromatic rings. The molecule has 2 aromatic heterocycles. The van der Waals surface area contributed by atoms with Gasteiger partial charge in [0.2, 0.25) is 5.82 Å². The van der Waals surface area contributed by atoms with Gasteiger partial charge in [-0.1, -0.05) is 17.3 Å². The molecule has 2 aromatic carbocycles. The molecule has 0 bridgehead atoms. The fourth-order valence-electron chi connectivity index (χ4n) is 2.98. The highest BCUT2D eigenvalue weighted by Crippen LogP contribution is 2.31. The maximum atomic E-state index is 11.1. The van der Waals surface area contributed by atoms with Crippen LogP contribution in [0.3, 0.4) is 0 Å². The number of carboxylic acids is 1. The molecule has 0 saturated heterocycles. The normalized spacial score (nSPS) is 11.2. The molecule has 0 aliphatic carbocycles. The van der Waals surface area contributed by atoms with Crippen molar-refractivity contribution in [3.63, 3.8) is 0 Å². The molecule has 0 aliphatic heterocycles. The van der Waals surface area contributed by atoms with Crippen molar-refractivity contribution in [1.29, 1.82) is 0 Å². The number of hydrogen-bond acceptors (Lipinski definition) is 5. The SMILES string of the molecule is Cc1cc(-c2nc(-c3cc4c(C)ccc(C)c4o3)no2)ccc1C(=O)O. The number of nitrogens with zero attached hydrogens (tertiary/aromatic N) is 2. The van der Waals surface area contributed by atoms with E-state index in [0.717, 1.165) is 22.1 Å². The van der Waals surface area contributed by atoms with Crippen LogP contribution in [0, 0.1) is 20.8 Å². The lowest BCUT2D eigenvalue weighted by atomic mass is 10.1. The molecule has 0 atom stereocenters. The van der Waals surface area contributed by atoms with Gasteiger partial charge in [0.15, 0.2) is 5.76 Å². The van der Waals surface area contributed by atoms with Crippen LogP contribution in [0.2, 0.25) is 0 Å². The van der Waals surface area contributed by atoms with E-state index in [9.17, 15) is 4.79 Å². The second-order valence-corrected chi connectivity index (χ2v) is 6.31. The van der Waals surface area contributed by atoms with E-state index in [1.807, 2.05) is 32.0 Å². The summed E-state index contributed by atoms with van der Waals surface area (Å²) >= 11 is 0. The highest BCUT2D eigenvalue weighted by Gasteiger charge is 2.17. The number of aromatic carboxylic acids is 1. The number of carboxylic acid groups (broad SMARTS) is 1. The zero-order valence-electron chi connectivity index (χ0n) is 14.5. The van der Waals surface area contributed by atoms with E-state index in [1.165, 1.54) is 6.07 Å². The predicted molar refractivity (Wildman–Crippen MR) is 96.1 cm³/mol. The van der Waals surface area contributed by atoms with Gasteiger partial charge >= 0.3 is 5.97 Å². The second kappa shape index (κ2) is 5.84. The number of aromatic nitrogens is 2. The van der Waals surface area contributed by atoms with E-state index >= 15 is 0 Å². The van der Waals surface area contributed by atoms with Gasteiger partial charge in [-0.05, 0) is 61.7 Å². The van der Waals surface area contributed by atoms with E-state index < -0.39 is 5.97 Å². The number of carbonyl (C=O) groups is 1. The van der Waals surface area contributed by atoms with E-state index in [1.54, 1.807) is 19.1 Å². The third-order valence-corrected chi connectivity index (χ3v) is 4.45. The topological polar surface area (TPSA) is 89.4 Å². The first-order valence-electron chi connectivity index (χ1n) is 8.12. The van der Waals surface area contributed by atoms with Crippen LogP contribution in [-0.4, -0.2) is 21.2 Å². The molecule has 0 fully saturated rings. The first-order chi connectivity index (χ1) is 12.4. The van der Waals surface area contributed by atoms with Gasteiger partial charge in [-0.3, -0.25) is 0 Å². The van der Waals surface area contributed by atoms with Crippen LogP contribution in [0.1, 0.15) is 27.0 Å². The molecule has 1 N–H and O–H groups in total. The van der Waals surface area contributed by atoms with Crippen molar-refractivity contribution in [2.45, 2.75) is 20.8 Å². The van der Waals surface area contributed by atoms with Crippen molar-refractivity contribution in [2.75, 3.05) is 0 Å². The first kappa shape index (κ1) is 16.1. The van der Waals surface area contributed by atoms with E-state index in [2.05, 4.69) is 10.1 Å². The second-order valence-electron chi connectivity index (χ2n) is 6.31. The summed E-state index contributed by atoms with van der Waals surface area (Å²) in [6, 6.07) is 10.9. The van der Waals surface area contributed by atoms with Crippen molar-refractivity contribution in [3.05, 3.63) is 58.7 Å². The van der Waals surface area contributed by atoms with Crippen molar-refractivity contribution >= 4 is 16.9 Å². The van der Waals surface area contributed by atoms with Crippen molar-refractivity contribution < 1.29 is 18.8 Å². The molecule has 4 rings (SSSR count). The largest absolute Gasteiger partial charge is 0.478 e. The van der Waals surface area contributed by atoms with Crippen LogP contribution >= 0.6 is 0 Å². The van der Waals surface area contributed by atoms with Gasteiger partial charge in [0.05, 0.1) is 5.56 Å². The molecule has 26 heavy (non-hydrogen) atoms. The summed E-state index contributed by atoms with van der Waals surface area (Å²) in [5.74, 6) is 0.239. The third kappa shape index (κ3) is 2.56. The highest BCUT2D eigenvalue weighted by atomic mass is 16.5. The summed E-state index contributed by atoms with van der Waals surface area (Å²) in [6.45, 7) is 5.74. The fraction of sp³-hybridized carbons (Fsp3) is 0.150. The molecule has 6 heteroatoms. The monoisotopic (exact) mass is 348 g/mol. The molecule has 0 aliphatic rings. The summed E-state index contributed by atoms with van der Waals surface area (Å²) in [5, 5.41) is 14.2. The molecule has 130 valence electrons. The highest BCUT2D eigenvalue weighted by molar-refractivity contribution is 5.90. The first-order valence-corrected chi connectivity index (χ1v) is 8.12. The van der Waals surface area contributed by atoms with Crippen LogP contribution < -0.4 is 0 Å². The predicted octanol–water partition coefficient (Wildman–Crippen LogP) is 4.77. The van der Waals surface area contributed by atoms with Gasteiger partial charge in [-0.2, -0.15) is 4.98 Å². The average Bonchev–Trinajstić information content (AvgIpc) is 3.25. The lowest BCUT2D eigenvalue weighted by Crippen LogP contribution is -1.99. The summed E-state index contributed by atoms with van der Waals surface area (Å²) in [7, 11) is 0. The van der Waals surface area contributed by atoms with Crippen LogP contribution in [0.5, 0.6) is 0 Å². The molecule has 6 nitrogen and oxygen atoms in total. The summed E-state index contributed by atoms with van der Waals surface area (Å²) in [5.41, 5.74) is 4.51.